The van der Waals surface area contributed by atoms with Crippen molar-refractivity contribution in [1.82, 2.24) is 10.2 Å². The third kappa shape index (κ3) is 2.18. The summed E-state index contributed by atoms with van der Waals surface area (Å²) in [7, 11) is 1.89. The minimum atomic E-state index is 0.390. The van der Waals surface area contributed by atoms with Crippen LogP contribution in [0.2, 0.25) is 0 Å². The molecule has 16 heavy (non-hydrogen) atoms. The molecule has 0 radical (unpaired) electrons. The molecule has 0 amide bonds. The summed E-state index contributed by atoms with van der Waals surface area (Å²) in [6.07, 6.45) is 3.46. The second-order valence-corrected chi connectivity index (χ2v) is 5.76. The van der Waals surface area contributed by atoms with E-state index >= 15 is 0 Å². The molecule has 0 bridgehead atoms. The van der Waals surface area contributed by atoms with E-state index < -0.39 is 0 Å². The van der Waals surface area contributed by atoms with Crippen LogP contribution in [-0.2, 0) is 12.8 Å². The van der Waals surface area contributed by atoms with Gasteiger partial charge in [0.25, 0.3) is 0 Å². The smallest absolute Gasteiger partial charge is 0.148 e. The third-order valence-corrected chi connectivity index (χ3v) is 3.64. The fourth-order valence-electron chi connectivity index (χ4n) is 2.38. The summed E-state index contributed by atoms with van der Waals surface area (Å²) in [5.74, 6) is 1.64. The molecule has 0 aliphatic heterocycles. The molecule has 1 unspecified atom stereocenters. The first kappa shape index (κ1) is 11.4. The van der Waals surface area contributed by atoms with Crippen LogP contribution in [0.3, 0.4) is 0 Å². The van der Waals surface area contributed by atoms with Crippen LogP contribution in [-0.4, -0.2) is 17.2 Å². The zero-order chi connectivity index (χ0) is 11.8. The van der Waals surface area contributed by atoms with Gasteiger partial charge < -0.3 is 5.32 Å². The summed E-state index contributed by atoms with van der Waals surface area (Å²) in [6.45, 7) is 6.99. The average Bonchev–Trinajstić information content (AvgIpc) is 2.26. The van der Waals surface area contributed by atoms with E-state index in [1.54, 1.807) is 0 Å². The molecule has 1 aliphatic rings. The molecule has 1 heterocycles. The summed E-state index contributed by atoms with van der Waals surface area (Å²) in [5.41, 5.74) is 2.96. The molecule has 1 aromatic rings. The molecule has 2 rings (SSSR count). The Balaban J connectivity index is 2.25. The van der Waals surface area contributed by atoms with Crippen LogP contribution < -0.4 is 5.32 Å². The van der Waals surface area contributed by atoms with Crippen molar-refractivity contribution in [2.45, 2.75) is 40.0 Å². The van der Waals surface area contributed by atoms with E-state index in [4.69, 9.17) is 0 Å². The predicted octanol–water partition coefficient (Wildman–Crippen LogP) is 2.67. The minimum Gasteiger partial charge on any atom is -0.372 e. The molecule has 0 spiro atoms. The van der Waals surface area contributed by atoms with Gasteiger partial charge in [-0.1, -0.05) is 20.8 Å². The molecule has 1 aliphatic carbocycles. The van der Waals surface area contributed by atoms with Crippen molar-refractivity contribution in [3.63, 3.8) is 0 Å². The first-order valence-electron chi connectivity index (χ1n) is 6.04. The van der Waals surface area contributed by atoms with Crippen molar-refractivity contribution < 1.29 is 0 Å². The van der Waals surface area contributed by atoms with Gasteiger partial charge in [0, 0.05) is 7.05 Å². The zero-order valence-corrected chi connectivity index (χ0v) is 10.7. The Morgan fingerprint density at radius 2 is 2.06 bits per heavy atom. The van der Waals surface area contributed by atoms with Gasteiger partial charge in [-0.2, -0.15) is 5.10 Å². The summed E-state index contributed by atoms with van der Waals surface area (Å²) < 4.78 is 0. The summed E-state index contributed by atoms with van der Waals surface area (Å²) in [5, 5.41) is 11.5. The Hall–Kier alpha value is -1.12. The summed E-state index contributed by atoms with van der Waals surface area (Å²) in [4.78, 5) is 0. The first-order chi connectivity index (χ1) is 7.50. The van der Waals surface area contributed by atoms with Crippen molar-refractivity contribution >= 4 is 5.82 Å². The van der Waals surface area contributed by atoms with E-state index in [9.17, 15) is 0 Å². The number of aryl methyl sites for hydroxylation is 1. The standard InChI is InChI=1S/C13H21N3/c1-13(2,3)10-5-6-11-9(7-10)8-12(14-4)16-15-11/h8,10H,5-7H2,1-4H3,(H,14,16). The van der Waals surface area contributed by atoms with E-state index in [1.807, 2.05) is 7.05 Å². The monoisotopic (exact) mass is 219 g/mol. The van der Waals surface area contributed by atoms with Crippen LogP contribution in [0.4, 0.5) is 5.82 Å². The molecule has 1 aromatic heterocycles. The zero-order valence-electron chi connectivity index (χ0n) is 10.7. The van der Waals surface area contributed by atoms with Gasteiger partial charge in [0.1, 0.15) is 5.82 Å². The van der Waals surface area contributed by atoms with E-state index in [1.165, 1.54) is 17.7 Å². The highest BCUT2D eigenvalue weighted by Crippen LogP contribution is 2.36. The van der Waals surface area contributed by atoms with Gasteiger partial charge in [-0.3, -0.25) is 0 Å². The van der Waals surface area contributed by atoms with Crippen molar-refractivity contribution in [2.24, 2.45) is 11.3 Å². The van der Waals surface area contributed by atoms with E-state index in [2.05, 4.69) is 42.4 Å². The lowest BCUT2D eigenvalue weighted by molar-refractivity contribution is 0.214. The van der Waals surface area contributed by atoms with E-state index in [0.29, 0.717) is 5.41 Å². The van der Waals surface area contributed by atoms with Gasteiger partial charge in [-0.05, 0) is 42.2 Å². The molecule has 1 atom stereocenters. The Bertz CT molecular complexity index is 379. The van der Waals surface area contributed by atoms with Crippen LogP contribution >= 0.6 is 0 Å². The fourth-order valence-corrected chi connectivity index (χ4v) is 2.38. The lowest BCUT2D eigenvalue weighted by atomic mass is 9.72. The van der Waals surface area contributed by atoms with Gasteiger partial charge in [-0.15, -0.1) is 5.10 Å². The SMILES string of the molecule is CNc1cc2c(nn1)CCC(C(C)(C)C)C2. The van der Waals surface area contributed by atoms with Crippen LogP contribution in [0.15, 0.2) is 6.07 Å². The third-order valence-electron chi connectivity index (χ3n) is 3.64. The van der Waals surface area contributed by atoms with Crippen LogP contribution in [0, 0.1) is 11.3 Å². The highest BCUT2D eigenvalue weighted by Gasteiger charge is 2.29. The molecule has 0 saturated heterocycles. The maximum absolute atomic E-state index is 4.29. The fraction of sp³-hybridized carbons (Fsp3) is 0.692. The van der Waals surface area contributed by atoms with Gasteiger partial charge >= 0.3 is 0 Å². The van der Waals surface area contributed by atoms with Gasteiger partial charge in [0.05, 0.1) is 5.69 Å². The van der Waals surface area contributed by atoms with Gasteiger partial charge in [0.2, 0.25) is 0 Å². The molecule has 3 nitrogen and oxygen atoms in total. The summed E-state index contributed by atoms with van der Waals surface area (Å²) in [6, 6.07) is 2.15. The largest absolute Gasteiger partial charge is 0.372 e. The highest BCUT2D eigenvalue weighted by atomic mass is 15.2. The quantitative estimate of drug-likeness (QED) is 0.789. The molecule has 0 aromatic carbocycles. The molecule has 88 valence electrons. The number of hydrogen-bond acceptors (Lipinski definition) is 3. The lowest BCUT2D eigenvalue weighted by Crippen LogP contribution is -2.27. The second kappa shape index (κ2) is 4.04. The van der Waals surface area contributed by atoms with Gasteiger partial charge in [0.15, 0.2) is 0 Å². The number of aromatic nitrogens is 2. The van der Waals surface area contributed by atoms with Crippen LogP contribution in [0.25, 0.3) is 0 Å². The highest BCUT2D eigenvalue weighted by molar-refractivity contribution is 5.38. The van der Waals surface area contributed by atoms with E-state index in [0.717, 1.165) is 24.6 Å². The Morgan fingerprint density at radius 1 is 1.31 bits per heavy atom. The van der Waals surface area contributed by atoms with Crippen molar-refractivity contribution in [1.29, 1.82) is 0 Å². The maximum Gasteiger partial charge on any atom is 0.148 e. The average molecular weight is 219 g/mol. The van der Waals surface area contributed by atoms with Crippen LogP contribution in [0.1, 0.15) is 38.4 Å². The molecule has 0 saturated carbocycles. The van der Waals surface area contributed by atoms with Gasteiger partial charge in [-0.25, -0.2) is 0 Å². The van der Waals surface area contributed by atoms with Crippen molar-refractivity contribution in [2.75, 3.05) is 12.4 Å². The molecule has 0 fully saturated rings. The number of rotatable bonds is 1. The van der Waals surface area contributed by atoms with Crippen molar-refractivity contribution in [3.8, 4) is 0 Å². The molecular weight excluding hydrogens is 198 g/mol. The minimum absolute atomic E-state index is 0.390. The maximum atomic E-state index is 4.29. The Labute approximate surface area is 97.7 Å². The number of fused-ring (bicyclic) bond motifs is 1. The normalized spacial score (nSPS) is 20.4. The topological polar surface area (TPSA) is 37.8 Å². The second-order valence-electron chi connectivity index (χ2n) is 5.76. The molecular formula is C13H21N3. The number of nitrogens with one attached hydrogen (secondary N) is 1. The predicted molar refractivity (Wildman–Crippen MR) is 66.5 cm³/mol. The van der Waals surface area contributed by atoms with Crippen LogP contribution in [0.5, 0.6) is 0 Å². The van der Waals surface area contributed by atoms with Crippen molar-refractivity contribution in [3.05, 3.63) is 17.3 Å². The molecule has 3 heteroatoms. The van der Waals surface area contributed by atoms with E-state index in [-0.39, 0.29) is 0 Å². The first-order valence-corrected chi connectivity index (χ1v) is 6.04. The lowest BCUT2D eigenvalue weighted by Gasteiger charge is -2.34. The number of hydrogen-bond donors (Lipinski definition) is 1. The Kier molecular flexibility index (Phi) is 2.87. The summed E-state index contributed by atoms with van der Waals surface area (Å²) >= 11 is 0. The Morgan fingerprint density at radius 3 is 2.69 bits per heavy atom. The number of nitrogens with zero attached hydrogens (tertiary/aromatic N) is 2. The number of anilines is 1. The molecule has 1 N–H and O–H groups in total.